The van der Waals surface area contributed by atoms with Crippen LogP contribution in [0.4, 0.5) is 17.6 Å². The van der Waals surface area contributed by atoms with Gasteiger partial charge in [0.05, 0.1) is 5.75 Å². The maximum atomic E-state index is 12.4. The van der Waals surface area contributed by atoms with E-state index in [1.807, 2.05) is 0 Å². The molecule has 0 spiro atoms. The van der Waals surface area contributed by atoms with Crippen LogP contribution in [0, 0.1) is 5.92 Å². The molecule has 7 heteroatoms. The molecule has 1 fully saturated rings. The van der Waals surface area contributed by atoms with Gasteiger partial charge in [0, 0.05) is 12.3 Å². The van der Waals surface area contributed by atoms with Gasteiger partial charge in [0.2, 0.25) is 16.3 Å². The Balaban J connectivity index is 2.89. The molecule has 0 radical (unpaired) electrons. The molecule has 1 atom stereocenters. The fourth-order valence-electron chi connectivity index (χ4n) is 1.06. The van der Waals surface area contributed by atoms with Crippen molar-refractivity contribution >= 4 is 9.84 Å². The Morgan fingerprint density at radius 2 is 1.83 bits per heavy atom. The zero-order valence-corrected chi connectivity index (χ0v) is 6.62. The largest absolute Gasteiger partial charge is 0.346 e. The maximum absolute atomic E-state index is 12.4. The van der Waals surface area contributed by atoms with Gasteiger partial charge in [-0.2, -0.15) is 8.78 Å². The van der Waals surface area contributed by atoms with Crippen LogP contribution in [0.1, 0.15) is 6.42 Å². The van der Waals surface area contributed by atoms with Crippen LogP contribution in [0.25, 0.3) is 0 Å². The Morgan fingerprint density at radius 1 is 1.33 bits per heavy atom. The average molecular weight is 206 g/mol. The average Bonchev–Trinajstić information content (AvgIpc) is 2.03. The smallest absolute Gasteiger partial charge is 0.223 e. The summed E-state index contributed by atoms with van der Waals surface area (Å²) in [4.78, 5) is 0. The van der Waals surface area contributed by atoms with Crippen LogP contribution >= 0.6 is 0 Å². The van der Waals surface area contributed by atoms with E-state index in [1.165, 1.54) is 0 Å². The zero-order valence-electron chi connectivity index (χ0n) is 5.81. The lowest BCUT2D eigenvalue weighted by Gasteiger charge is -2.06. The molecule has 0 aromatic heterocycles. The number of halogens is 4. The van der Waals surface area contributed by atoms with E-state index in [-0.39, 0.29) is 0 Å². The lowest BCUT2D eigenvalue weighted by Crippen LogP contribution is -2.22. The molecule has 0 N–H and O–H groups in total. The SMILES string of the molecule is O=S1(=O)CC(C(F)F)CC1(F)F. The number of hydrogen-bond donors (Lipinski definition) is 0. The topological polar surface area (TPSA) is 34.1 Å². The molecule has 1 aliphatic rings. The molecule has 1 aliphatic heterocycles. The van der Waals surface area contributed by atoms with Crippen molar-refractivity contribution in [3.05, 3.63) is 0 Å². The molecule has 72 valence electrons. The van der Waals surface area contributed by atoms with Gasteiger partial charge in [-0.1, -0.05) is 0 Å². The Bertz CT molecular complexity index is 271. The van der Waals surface area contributed by atoms with E-state index in [1.54, 1.807) is 0 Å². The van der Waals surface area contributed by atoms with E-state index in [9.17, 15) is 26.0 Å². The van der Waals surface area contributed by atoms with Crippen LogP contribution in [-0.2, 0) is 9.84 Å². The van der Waals surface area contributed by atoms with Gasteiger partial charge in [-0.25, -0.2) is 17.2 Å². The van der Waals surface area contributed by atoms with Gasteiger partial charge >= 0.3 is 5.25 Å². The van der Waals surface area contributed by atoms with Crippen LogP contribution < -0.4 is 0 Å². The first-order chi connectivity index (χ1) is 5.26. The lowest BCUT2D eigenvalue weighted by molar-refractivity contribution is 0.0298. The maximum Gasteiger partial charge on any atom is 0.346 e. The summed E-state index contributed by atoms with van der Waals surface area (Å²) >= 11 is 0. The molecule has 1 rings (SSSR count). The minimum Gasteiger partial charge on any atom is -0.223 e. The summed E-state index contributed by atoms with van der Waals surface area (Å²) in [6, 6.07) is 0. The Kier molecular flexibility index (Phi) is 2.10. The predicted molar refractivity (Wildman–Crippen MR) is 32.8 cm³/mol. The highest BCUT2D eigenvalue weighted by Crippen LogP contribution is 2.40. The van der Waals surface area contributed by atoms with Crippen molar-refractivity contribution < 1.29 is 26.0 Å². The second kappa shape index (κ2) is 2.58. The van der Waals surface area contributed by atoms with Crippen LogP contribution in [0.2, 0.25) is 0 Å². The molecule has 1 saturated heterocycles. The number of alkyl halides is 4. The van der Waals surface area contributed by atoms with Crippen molar-refractivity contribution in [1.29, 1.82) is 0 Å². The Morgan fingerprint density at radius 3 is 2.00 bits per heavy atom. The summed E-state index contributed by atoms with van der Waals surface area (Å²) in [7, 11) is -4.63. The van der Waals surface area contributed by atoms with E-state index in [0.717, 1.165) is 0 Å². The van der Waals surface area contributed by atoms with Crippen LogP contribution in [0.3, 0.4) is 0 Å². The van der Waals surface area contributed by atoms with Crippen molar-refractivity contribution in [2.75, 3.05) is 5.75 Å². The van der Waals surface area contributed by atoms with Crippen molar-refractivity contribution in [3.63, 3.8) is 0 Å². The van der Waals surface area contributed by atoms with Gasteiger partial charge in [0.15, 0.2) is 0 Å². The summed E-state index contributed by atoms with van der Waals surface area (Å²) < 4.78 is 69.5. The van der Waals surface area contributed by atoms with Crippen molar-refractivity contribution in [3.8, 4) is 0 Å². The van der Waals surface area contributed by atoms with E-state index >= 15 is 0 Å². The quantitative estimate of drug-likeness (QED) is 0.605. The second-order valence-electron chi connectivity index (χ2n) is 2.72. The fraction of sp³-hybridized carbons (Fsp3) is 1.00. The normalized spacial score (nSPS) is 32.6. The Hall–Kier alpha value is -0.330. The van der Waals surface area contributed by atoms with Gasteiger partial charge < -0.3 is 0 Å². The third-order valence-corrected chi connectivity index (χ3v) is 3.69. The van der Waals surface area contributed by atoms with Crippen LogP contribution in [-0.4, -0.2) is 25.9 Å². The van der Waals surface area contributed by atoms with Crippen LogP contribution in [0.15, 0.2) is 0 Å². The number of hydrogen-bond acceptors (Lipinski definition) is 2. The first kappa shape index (κ1) is 9.76. The molecule has 12 heavy (non-hydrogen) atoms. The van der Waals surface area contributed by atoms with Gasteiger partial charge in [-0.15, -0.1) is 0 Å². The third-order valence-electron chi connectivity index (χ3n) is 1.74. The highest BCUT2D eigenvalue weighted by Gasteiger charge is 2.56. The second-order valence-corrected chi connectivity index (χ2v) is 4.88. The highest BCUT2D eigenvalue weighted by atomic mass is 32.2. The molecular formula is C5H6F4O2S. The van der Waals surface area contributed by atoms with E-state index in [0.29, 0.717) is 0 Å². The summed E-state index contributed by atoms with van der Waals surface area (Å²) in [6.07, 6.45) is -4.25. The van der Waals surface area contributed by atoms with Gasteiger partial charge in [-0.3, -0.25) is 0 Å². The monoisotopic (exact) mass is 206 g/mol. The molecule has 0 aliphatic carbocycles. The zero-order chi connectivity index (χ0) is 9.57. The molecule has 2 nitrogen and oxygen atoms in total. The summed E-state index contributed by atoms with van der Waals surface area (Å²) in [5, 5.41) is -3.96. The summed E-state index contributed by atoms with van der Waals surface area (Å²) in [5.41, 5.74) is 0. The van der Waals surface area contributed by atoms with Gasteiger partial charge in [-0.05, 0) is 0 Å². The molecule has 0 saturated carbocycles. The summed E-state index contributed by atoms with van der Waals surface area (Å²) in [6.45, 7) is 0. The highest BCUT2D eigenvalue weighted by molar-refractivity contribution is 7.92. The van der Waals surface area contributed by atoms with Gasteiger partial charge in [0.1, 0.15) is 0 Å². The van der Waals surface area contributed by atoms with Crippen molar-refractivity contribution in [1.82, 2.24) is 0 Å². The van der Waals surface area contributed by atoms with Crippen molar-refractivity contribution in [2.24, 2.45) is 5.92 Å². The molecule has 1 heterocycles. The predicted octanol–water partition coefficient (Wildman–Crippen LogP) is 1.28. The molecule has 0 amide bonds. The molecule has 0 bridgehead atoms. The third kappa shape index (κ3) is 1.41. The standard InChI is InChI=1S/C5H6F4O2S/c6-4(7)3-1-5(8,9)12(10,11)2-3/h3-4H,1-2H2. The summed E-state index contributed by atoms with van der Waals surface area (Å²) in [5.74, 6) is -2.83. The van der Waals surface area contributed by atoms with Crippen LogP contribution in [0.5, 0.6) is 0 Å². The number of sulfone groups is 1. The molecule has 1 unspecified atom stereocenters. The molecule has 0 aromatic rings. The molecule has 0 aromatic carbocycles. The van der Waals surface area contributed by atoms with E-state index < -0.39 is 39.6 Å². The van der Waals surface area contributed by atoms with E-state index in [2.05, 4.69) is 0 Å². The fourth-order valence-corrected chi connectivity index (χ4v) is 2.60. The minimum atomic E-state index is -4.63. The first-order valence-electron chi connectivity index (χ1n) is 3.14. The lowest BCUT2D eigenvalue weighted by atomic mass is 10.1. The van der Waals surface area contributed by atoms with Gasteiger partial charge in [0.25, 0.3) is 0 Å². The van der Waals surface area contributed by atoms with E-state index in [4.69, 9.17) is 0 Å². The first-order valence-corrected chi connectivity index (χ1v) is 4.80. The molecular weight excluding hydrogens is 200 g/mol. The Labute approximate surface area is 66.5 Å². The number of rotatable bonds is 1. The minimum absolute atomic E-state index is 1.11. The van der Waals surface area contributed by atoms with Crippen molar-refractivity contribution in [2.45, 2.75) is 18.1 Å².